The number of rotatable bonds is 16. The Kier molecular flexibility index (Phi) is 31.0. The first-order valence-electron chi connectivity index (χ1n) is 12.1. The summed E-state index contributed by atoms with van der Waals surface area (Å²) in [7, 11) is 0. The number of carbonyl (C=O) groups excluding carboxylic acids is 2. The first-order valence-corrected chi connectivity index (χ1v) is 17.2. The van der Waals surface area contributed by atoms with E-state index < -0.39 is 22.4 Å². The van der Waals surface area contributed by atoms with Gasteiger partial charge in [-0.15, -0.1) is 0 Å². The summed E-state index contributed by atoms with van der Waals surface area (Å²) in [5, 5.41) is 19.7. The Labute approximate surface area is 214 Å². The van der Waals surface area contributed by atoms with Crippen LogP contribution in [0, 0.1) is 11.8 Å². The maximum atomic E-state index is 10.4. The van der Waals surface area contributed by atoms with Crippen molar-refractivity contribution >= 4 is 58.3 Å². The molecule has 0 saturated heterocycles. The summed E-state index contributed by atoms with van der Waals surface area (Å²) in [5.74, 6) is -1.11. The van der Waals surface area contributed by atoms with Gasteiger partial charge in [0, 0.05) is 10.5 Å². The quantitative estimate of drug-likeness (QED) is 0.201. The third-order valence-electron chi connectivity index (χ3n) is 5.24. The van der Waals surface area contributed by atoms with Crippen LogP contribution in [0.2, 0.25) is 8.87 Å². The number of aliphatic carboxylic acids is 2. The van der Waals surface area contributed by atoms with Gasteiger partial charge in [-0.1, -0.05) is 79.1 Å². The van der Waals surface area contributed by atoms with E-state index in [1.54, 1.807) is 0 Å². The van der Waals surface area contributed by atoms with Gasteiger partial charge in [-0.2, -0.15) is 25.3 Å². The fourth-order valence-corrected chi connectivity index (χ4v) is 5.06. The van der Waals surface area contributed by atoms with E-state index in [0.29, 0.717) is 24.7 Å². The van der Waals surface area contributed by atoms with Crippen LogP contribution in [0.3, 0.4) is 0 Å². The molecule has 0 saturated carbocycles. The van der Waals surface area contributed by atoms with E-state index in [1.807, 2.05) is 0 Å². The van der Waals surface area contributed by atoms with Crippen LogP contribution in [-0.2, 0) is 9.59 Å². The molecular weight excluding hydrogens is 535 g/mol. The molecule has 0 heterocycles. The summed E-state index contributed by atoms with van der Waals surface area (Å²) >= 11 is 8.17. The van der Waals surface area contributed by atoms with Crippen molar-refractivity contribution in [1.29, 1.82) is 0 Å². The molecule has 0 radical (unpaired) electrons. The molecule has 0 aliphatic rings. The number of hydrogen-bond acceptors (Lipinski definition) is 6. The summed E-state index contributed by atoms with van der Waals surface area (Å²) < 4.78 is 3.03. The van der Waals surface area contributed by atoms with E-state index in [2.05, 4.69) is 66.8 Å². The van der Waals surface area contributed by atoms with Gasteiger partial charge in [-0.05, 0) is 24.7 Å². The molecule has 0 aliphatic carbocycles. The fraction of sp³-hybridized carbons (Fsp3) is 0.917. The Morgan fingerprint density at radius 3 is 1.19 bits per heavy atom. The molecule has 0 bridgehead atoms. The van der Waals surface area contributed by atoms with Crippen LogP contribution in [0.4, 0.5) is 0 Å². The zero-order valence-electron chi connectivity index (χ0n) is 20.8. The molecule has 0 aliphatic heterocycles. The van der Waals surface area contributed by atoms with Gasteiger partial charge in [0.25, 0.3) is 0 Å². The molecule has 184 valence electrons. The van der Waals surface area contributed by atoms with E-state index in [1.165, 1.54) is 34.6 Å². The molecule has 0 amide bonds. The van der Waals surface area contributed by atoms with Gasteiger partial charge in [0.15, 0.2) is 0 Å². The summed E-state index contributed by atoms with van der Waals surface area (Å²) in [6.45, 7) is 13.0. The molecule has 4 atom stereocenters. The fourth-order valence-electron chi connectivity index (χ4n) is 3.04. The van der Waals surface area contributed by atoms with Crippen molar-refractivity contribution in [2.24, 2.45) is 11.8 Å². The van der Waals surface area contributed by atoms with Gasteiger partial charge in [0.05, 0.1) is 11.9 Å². The number of carbonyl (C=O) groups is 2. The van der Waals surface area contributed by atoms with Crippen molar-refractivity contribution in [3.05, 3.63) is 0 Å². The number of thiol groups is 2. The minimum atomic E-state index is -1.04. The molecule has 0 aromatic carbocycles. The summed E-state index contributed by atoms with van der Waals surface area (Å²) in [4.78, 5) is 20.9. The van der Waals surface area contributed by atoms with E-state index in [4.69, 9.17) is 0 Å². The second kappa shape index (κ2) is 26.7. The number of hydrogen-bond donors (Lipinski definition) is 2. The second-order valence-corrected chi connectivity index (χ2v) is 14.6. The van der Waals surface area contributed by atoms with Crippen molar-refractivity contribution in [2.45, 2.75) is 125 Å². The third kappa shape index (κ3) is 26.6. The zero-order valence-corrected chi connectivity index (χ0v) is 25.5. The van der Waals surface area contributed by atoms with Crippen LogP contribution in [0.5, 0.6) is 0 Å². The second-order valence-electron chi connectivity index (χ2n) is 7.93. The average Bonchev–Trinajstić information content (AvgIpc) is 2.74. The van der Waals surface area contributed by atoms with Crippen molar-refractivity contribution in [1.82, 2.24) is 0 Å². The van der Waals surface area contributed by atoms with Crippen molar-refractivity contribution in [3.63, 3.8) is 0 Å². The Morgan fingerprint density at radius 2 is 1.03 bits per heavy atom. The van der Waals surface area contributed by atoms with Crippen molar-refractivity contribution in [2.75, 3.05) is 0 Å². The summed E-state index contributed by atoms with van der Waals surface area (Å²) in [6.07, 6.45) is 10.2. The third-order valence-corrected chi connectivity index (χ3v) is 8.94. The molecule has 31 heavy (non-hydrogen) atoms. The normalized spacial score (nSPS) is 13.9. The van der Waals surface area contributed by atoms with Crippen molar-refractivity contribution in [3.8, 4) is 0 Å². The van der Waals surface area contributed by atoms with Gasteiger partial charge < -0.3 is 19.8 Å². The van der Waals surface area contributed by atoms with Crippen LogP contribution in [0.1, 0.15) is 106 Å². The molecule has 7 heteroatoms. The molecule has 4 unspecified atom stereocenters. The Bertz CT molecular complexity index is 375. The molecule has 0 spiro atoms. The Hall–Kier alpha value is 0.439. The monoisotopic (exact) mass is 584 g/mol. The summed E-state index contributed by atoms with van der Waals surface area (Å²) in [5.41, 5.74) is 0. The molecule has 4 nitrogen and oxygen atoms in total. The Balaban J connectivity index is -0.000000416. The first kappa shape index (κ1) is 36.0. The molecule has 0 N–H and O–H groups in total. The van der Waals surface area contributed by atoms with Crippen LogP contribution in [0.15, 0.2) is 0 Å². The van der Waals surface area contributed by atoms with Gasteiger partial charge in [0.2, 0.25) is 0 Å². The minimum absolute atomic E-state index is 0.218. The van der Waals surface area contributed by atoms with Gasteiger partial charge in [-0.25, -0.2) is 0 Å². The molecular formula is C24H48O4S2Sn. The number of carboxylic acid groups (broad SMARTS) is 2. The standard InChI is InChI=1S/2C10H20O2S.2C2H5.Sn/c2*1-3-5-6-8(4-2)7-9(13)10(11)12;2*1-2;/h2*8-9,13H,3-7H2,1-2H3,(H,11,12);2*1H2,2H3;/q;;;;+2/p-2. The zero-order chi connectivity index (χ0) is 24.7. The molecule has 0 aromatic rings. The first-order chi connectivity index (χ1) is 14.6. The van der Waals surface area contributed by atoms with Crippen LogP contribution in [-0.4, -0.2) is 43.6 Å². The number of unbranched alkanes of at least 4 members (excludes halogenated alkanes) is 2. The number of carboxylic acids is 2. The van der Waals surface area contributed by atoms with Crippen LogP contribution in [0.25, 0.3) is 0 Å². The van der Waals surface area contributed by atoms with Crippen molar-refractivity contribution < 1.29 is 19.8 Å². The SMILES string of the molecule is CCCCC(CC)CC(S)C(=O)[O-].CCCCC(CC)CC(S)C(=O)[O-].C[CH2][Sn+2][CH2]C. The Morgan fingerprint density at radius 1 is 0.710 bits per heavy atom. The van der Waals surface area contributed by atoms with Gasteiger partial charge in [0.1, 0.15) is 0 Å². The van der Waals surface area contributed by atoms with E-state index >= 15 is 0 Å². The molecule has 0 aromatic heterocycles. The van der Waals surface area contributed by atoms with Gasteiger partial charge >= 0.3 is 43.9 Å². The van der Waals surface area contributed by atoms with Crippen LogP contribution >= 0.6 is 25.3 Å². The maximum absolute atomic E-state index is 10.4. The predicted octanol–water partition coefficient (Wildman–Crippen LogP) is 4.85. The average molecular weight is 583 g/mol. The van der Waals surface area contributed by atoms with Crippen LogP contribution < -0.4 is 10.2 Å². The predicted molar refractivity (Wildman–Crippen MR) is 138 cm³/mol. The van der Waals surface area contributed by atoms with E-state index in [9.17, 15) is 19.8 Å². The summed E-state index contributed by atoms with van der Waals surface area (Å²) in [6, 6.07) is 0. The van der Waals surface area contributed by atoms with Gasteiger partial charge in [-0.3, -0.25) is 0 Å². The topological polar surface area (TPSA) is 80.3 Å². The molecule has 0 rings (SSSR count). The van der Waals surface area contributed by atoms with E-state index in [-0.39, 0.29) is 21.1 Å². The molecule has 0 fully saturated rings. The van der Waals surface area contributed by atoms with E-state index in [0.717, 1.165) is 25.7 Å².